The summed E-state index contributed by atoms with van der Waals surface area (Å²) >= 11 is 0. The summed E-state index contributed by atoms with van der Waals surface area (Å²) < 4.78 is 5.69. The number of aromatic nitrogens is 2. The number of benzene rings is 1. The molecule has 7 nitrogen and oxygen atoms in total. The molecule has 1 heterocycles. The number of anilines is 1. The van der Waals surface area contributed by atoms with Gasteiger partial charge in [0.25, 0.3) is 5.91 Å². The van der Waals surface area contributed by atoms with Crippen LogP contribution >= 0.6 is 0 Å². The Labute approximate surface area is 225 Å². The number of hydrogen-bond donors (Lipinski definition) is 3. The summed E-state index contributed by atoms with van der Waals surface area (Å²) in [6.07, 6.45) is 15.7. The number of carboxylic acids is 1. The molecule has 0 unspecified atom stereocenters. The molecule has 7 rings (SSSR count). The number of amides is 1. The standard InChI is InChI=1S/C31H41N3O4/c1-38-19-31(9-3-2-4-10-31)29-33-25(8-11-30-16-20-12-21(17-30)14-22(13-20)18-30)26(34-29)27(35)32-24-7-5-6-23(15-24)28(36)37/h5-7,15,20-22H,2-4,8-14,16-19H2,1H3,(H,32,35)(H,33,34)(H,36,37). The first kappa shape index (κ1) is 25.6. The number of nitrogens with zero attached hydrogens (tertiary/aromatic N) is 1. The molecule has 2 aromatic rings. The Morgan fingerprint density at radius 3 is 2.39 bits per heavy atom. The van der Waals surface area contributed by atoms with Gasteiger partial charge < -0.3 is 20.1 Å². The summed E-state index contributed by atoms with van der Waals surface area (Å²) in [5.41, 5.74) is 2.21. The molecular weight excluding hydrogens is 478 g/mol. The Morgan fingerprint density at radius 2 is 1.76 bits per heavy atom. The van der Waals surface area contributed by atoms with Gasteiger partial charge in [-0.3, -0.25) is 4.79 Å². The third-order valence-electron chi connectivity index (χ3n) is 10.2. The second kappa shape index (κ2) is 10.1. The Kier molecular flexibility index (Phi) is 6.83. The van der Waals surface area contributed by atoms with Crippen molar-refractivity contribution in [3.8, 4) is 0 Å². The number of methoxy groups -OCH3 is 1. The lowest BCUT2D eigenvalue weighted by molar-refractivity contribution is -0.0570. The number of aryl methyl sites for hydroxylation is 1. The van der Waals surface area contributed by atoms with Crippen LogP contribution in [0.25, 0.3) is 0 Å². The predicted octanol–water partition coefficient (Wildman–Crippen LogP) is 6.36. The van der Waals surface area contributed by atoms with Crippen molar-refractivity contribution >= 4 is 17.6 Å². The van der Waals surface area contributed by atoms with Gasteiger partial charge in [0.05, 0.1) is 17.6 Å². The van der Waals surface area contributed by atoms with Crippen LogP contribution in [-0.4, -0.2) is 40.7 Å². The maximum absolute atomic E-state index is 13.6. The molecule has 4 bridgehead atoms. The molecule has 204 valence electrons. The fraction of sp³-hybridized carbons (Fsp3) is 0.645. The molecule has 1 amide bonds. The monoisotopic (exact) mass is 519 g/mol. The van der Waals surface area contributed by atoms with Gasteiger partial charge in [-0.2, -0.15) is 0 Å². The lowest BCUT2D eigenvalue weighted by Gasteiger charge is -2.57. The topological polar surface area (TPSA) is 104 Å². The minimum absolute atomic E-state index is 0.147. The highest BCUT2D eigenvalue weighted by atomic mass is 16.5. The molecule has 0 aliphatic heterocycles. The van der Waals surface area contributed by atoms with Crippen LogP contribution in [0.1, 0.15) is 109 Å². The first-order valence-corrected chi connectivity index (χ1v) is 14.6. The fourth-order valence-electron chi connectivity index (χ4n) is 8.89. The summed E-state index contributed by atoms with van der Waals surface area (Å²) in [5, 5.41) is 12.3. The van der Waals surface area contributed by atoms with E-state index in [9.17, 15) is 14.7 Å². The Hall–Kier alpha value is -2.67. The van der Waals surface area contributed by atoms with Gasteiger partial charge in [0.2, 0.25) is 0 Å². The Balaban J connectivity index is 1.29. The lowest BCUT2D eigenvalue weighted by atomic mass is 9.48. The van der Waals surface area contributed by atoms with Crippen molar-refractivity contribution in [3.05, 3.63) is 47.0 Å². The van der Waals surface area contributed by atoms with Gasteiger partial charge in [-0.05, 0) is 106 Å². The average Bonchev–Trinajstić information content (AvgIpc) is 3.33. The van der Waals surface area contributed by atoms with Gasteiger partial charge in [-0.25, -0.2) is 9.78 Å². The minimum Gasteiger partial charge on any atom is -0.478 e. The normalized spacial score (nSPS) is 29.3. The van der Waals surface area contributed by atoms with E-state index in [0.717, 1.165) is 67.8 Å². The van der Waals surface area contributed by atoms with E-state index < -0.39 is 5.97 Å². The summed E-state index contributed by atoms with van der Waals surface area (Å²) in [7, 11) is 1.75. The van der Waals surface area contributed by atoms with E-state index in [1.54, 1.807) is 19.2 Å². The molecule has 7 heteroatoms. The number of nitrogens with one attached hydrogen (secondary N) is 2. The van der Waals surface area contributed by atoms with Gasteiger partial charge in [0.15, 0.2) is 0 Å². The summed E-state index contributed by atoms with van der Waals surface area (Å²) in [5.74, 6) is 2.28. The van der Waals surface area contributed by atoms with Gasteiger partial charge >= 0.3 is 5.97 Å². The SMILES string of the molecule is COCC1(c2nc(C(=O)Nc3cccc(C(=O)O)c3)c(CCC34CC5CC(CC(C5)C3)C4)[nH]2)CCCCC1. The zero-order chi connectivity index (χ0) is 26.3. The van der Waals surface area contributed by atoms with Crippen LogP contribution in [0.4, 0.5) is 5.69 Å². The molecule has 38 heavy (non-hydrogen) atoms. The second-order valence-corrected chi connectivity index (χ2v) is 12.9. The number of aromatic carboxylic acids is 1. The van der Waals surface area contributed by atoms with Crippen LogP contribution in [0, 0.1) is 23.2 Å². The zero-order valence-corrected chi connectivity index (χ0v) is 22.6. The molecule has 0 radical (unpaired) electrons. The highest BCUT2D eigenvalue weighted by Gasteiger charge is 2.50. The van der Waals surface area contributed by atoms with Crippen molar-refractivity contribution in [2.24, 2.45) is 23.2 Å². The summed E-state index contributed by atoms with van der Waals surface area (Å²) in [4.78, 5) is 33.7. The van der Waals surface area contributed by atoms with Crippen LogP contribution in [0.3, 0.4) is 0 Å². The van der Waals surface area contributed by atoms with Crippen molar-refractivity contribution in [2.75, 3.05) is 19.0 Å². The highest BCUT2D eigenvalue weighted by molar-refractivity contribution is 6.04. The molecule has 5 aliphatic carbocycles. The fourth-order valence-corrected chi connectivity index (χ4v) is 8.89. The molecule has 1 aromatic carbocycles. The van der Waals surface area contributed by atoms with Crippen LogP contribution in [0.15, 0.2) is 24.3 Å². The number of ether oxygens (including phenoxy) is 1. The third-order valence-corrected chi connectivity index (χ3v) is 10.2. The Morgan fingerprint density at radius 1 is 1.08 bits per heavy atom. The van der Waals surface area contributed by atoms with Crippen molar-refractivity contribution in [3.63, 3.8) is 0 Å². The van der Waals surface area contributed by atoms with Gasteiger partial charge in [-0.1, -0.05) is 25.3 Å². The molecule has 3 N–H and O–H groups in total. The van der Waals surface area contributed by atoms with E-state index in [1.807, 2.05) is 0 Å². The van der Waals surface area contributed by atoms with Crippen molar-refractivity contribution in [1.29, 1.82) is 0 Å². The maximum Gasteiger partial charge on any atom is 0.335 e. The van der Waals surface area contributed by atoms with E-state index in [-0.39, 0.29) is 16.9 Å². The summed E-state index contributed by atoms with van der Waals surface area (Å²) in [6, 6.07) is 6.40. The van der Waals surface area contributed by atoms with E-state index in [1.165, 1.54) is 57.1 Å². The van der Waals surface area contributed by atoms with E-state index in [4.69, 9.17) is 9.72 Å². The number of carbonyl (C=O) groups is 2. The van der Waals surface area contributed by atoms with Crippen LogP contribution in [-0.2, 0) is 16.6 Å². The van der Waals surface area contributed by atoms with Crippen LogP contribution in [0.2, 0.25) is 0 Å². The van der Waals surface area contributed by atoms with Crippen LogP contribution < -0.4 is 5.32 Å². The Bertz CT molecular complexity index is 1150. The van der Waals surface area contributed by atoms with Gasteiger partial charge in [0, 0.05) is 18.5 Å². The van der Waals surface area contributed by atoms with E-state index in [2.05, 4.69) is 10.3 Å². The largest absolute Gasteiger partial charge is 0.478 e. The van der Waals surface area contributed by atoms with Crippen molar-refractivity contribution in [1.82, 2.24) is 9.97 Å². The van der Waals surface area contributed by atoms with E-state index in [0.29, 0.717) is 23.4 Å². The van der Waals surface area contributed by atoms with E-state index >= 15 is 0 Å². The quantitative estimate of drug-likeness (QED) is 0.358. The first-order valence-electron chi connectivity index (χ1n) is 14.6. The molecule has 5 saturated carbocycles. The molecule has 5 fully saturated rings. The summed E-state index contributed by atoms with van der Waals surface area (Å²) in [6.45, 7) is 0.594. The number of H-pyrrole nitrogens is 1. The second-order valence-electron chi connectivity index (χ2n) is 12.9. The highest BCUT2D eigenvalue weighted by Crippen LogP contribution is 2.61. The molecule has 5 aliphatic rings. The van der Waals surface area contributed by atoms with Gasteiger partial charge in [0.1, 0.15) is 11.5 Å². The molecular formula is C31H41N3O4. The zero-order valence-electron chi connectivity index (χ0n) is 22.6. The molecule has 0 saturated heterocycles. The lowest BCUT2D eigenvalue weighted by Crippen LogP contribution is -2.46. The smallest absolute Gasteiger partial charge is 0.335 e. The molecule has 0 spiro atoms. The predicted molar refractivity (Wildman–Crippen MR) is 146 cm³/mol. The number of aromatic amines is 1. The first-order chi connectivity index (χ1) is 18.4. The molecule has 1 aromatic heterocycles. The number of imidazole rings is 1. The third kappa shape index (κ3) is 4.90. The number of carboxylic acid groups (broad SMARTS) is 1. The average molecular weight is 520 g/mol. The molecule has 0 atom stereocenters. The number of carbonyl (C=O) groups excluding carboxylic acids is 1. The van der Waals surface area contributed by atoms with Crippen molar-refractivity contribution in [2.45, 2.75) is 88.9 Å². The number of hydrogen-bond acceptors (Lipinski definition) is 4. The van der Waals surface area contributed by atoms with Crippen molar-refractivity contribution < 1.29 is 19.4 Å². The minimum atomic E-state index is -1.02. The maximum atomic E-state index is 13.6. The number of rotatable bonds is 9. The van der Waals surface area contributed by atoms with Gasteiger partial charge in [-0.15, -0.1) is 0 Å². The van der Waals surface area contributed by atoms with Crippen LogP contribution in [0.5, 0.6) is 0 Å².